The fraction of sp³-hybridized carbons (Fsp3) is 0.733. The van der Waals surface area contributed by atoms with Crippen molar-refractivity contribution in [3.05, 3.63) is 24.3 Å². The minimum atomic E-state index is -0.566. The Labute approximate surface area is 192 Å². The maximum Gasteiger partial charge on any atom is 0.148 e. The molecule has 19 heavy (non-hydrogen) atoms. The van der Waals surface area contributed by atoms with Crippen LogP contribution in [0.2, 0.25) is 0 Å². The fourth-order valence-corrected chi connectivity index (χ4v) is 3.92. The molecule has 0 saturated carbocycles. The van der Waals surface area contributed by atoms with Gasteiger partial charge in [0.15, 0.2) is 0 Å². The minimum Gasteiger partial charge on any atom is -0.374 e. The van der Waals surface area contributed by atoms with Crippen LogP contribution in [0.1, 0.15) is 58.3 Å². The van der Waals surface area contributed by atoms with E-state index in [2.05, 4.69) is 19.1 Å². The van der Waals surface area contributed by atoms with Gasteiger partial charge in [-0.15, -0.1) is 11.8 Å². The summed E-state index contributed by atoms with van der Waals surface area (Å²) < 4.78 is 0.0329. The predicted octanol–water partition coefficient (Wildman–Crippen LogP) is 3.67. The molecular weight excluding hydrogens is 406 g/mol. The second-order valence-electron chi connectivity index (χ2n) is 5.28. The van der Waals surface area contributed by atoms with Crippen LogP contribution in [0.25, 0.3) is 0 Å². The Balaban J connectivity index is 0.00000162. The summed E-state index contributed by atoms with van der Waals surface area (Å²) in [5.74, 6) is 0. The first-order chi connectivity index (χ1) is 8.22. The van der Waals surface area contributed by atoms with Crippen LogP contribution in [0, 0.1) is 0 Å². The third kappa shape index (κ3) is 5.97. The molecule has 1 heterocycles. The monoisotopic (exact) mass is 430 g/mol. The summed E-state index contributed by atoms with van der Waals surface area (Å²) in [6.45, 7) is 2.26. The summed E-state index contributed by atoms with van der Waals surface area (Å²) in [6, 6.07) is 0. The molecule has 2 unspecified atom stereocenters. The van der Waals surface area contributed by atoms with E-state index >= 15 is 0 Å². The molecule has 0 amide bonds. The maximum absolute atomic E-state index is 10.2. The van der Waals surface area contributed by atoms with E-state index in [4.69, 9.17) is 0 Å². The van der Waals surface area contributed by atoms with Gasteiger partial charge < -0.3 is 5.11 Å². The van der Waals surface area contributed by atoms with Crippen LogP contribution in [0.4, 0.5) is 0 Å². The van der Waals surface area contributed by atoms with Crippen molar-refractivity contribution < 1.29 is 5.11 Å². The molecule has 1 aliphatic carbocycles. The normalized spacial score (nSPS) is 30.2. The van der Waals surface area contributed by atoms with Crippen LogP contribution >= 0.6 is 11.8 Å². The van der Waals surface area contributed by atoms with E-state index < -0.39 is 4.93 Å². The Morgan fingerprint density at radius 2 is 1.53 bits per heavy atom. The maximum atomic E-state index is 10.2. The van der Waals surface area contributed by atoms with Crippen molar-refractivity contribution in [3.63, 3.8) is 0 Å². The van der Waals surface area contributed by atoms with Gasteiger partial charge in [0.1, 0.15) is 4.93 Å². The van der Waals surface area contributed by atoms with Crippen molar-refractivity contribution in [2.45, 2.75) is 68.0 Å². The Morgan fingerprint density at radius 1 is 0.947 bits per heavy atom. The second-order valence-corrected chi connectivity index (χ2v) is 6.83. The molecule has 0 aromatic rings. The molecule has 4 radical (unpaired) electrons. The molecule has 0 aromatic carbocycles. The van der Waals surface area contributed by atoms with Crippen LogP contribution in [-0.2, 0) is 0 Å². The fourth-order valence-electron chi connectivity index (χ4n) is 2.64. The van der Waals surface area contributed by atoms with E-state index in [-0.39, 0.29) is 91.4 Å². The first-order valence-electron chi connectivity index (χ1n) is 7.02. The first-order valence-corrected chi connectivity index (χ1v) is 7.84. The van der Waals surface area contributed by atoms with Crippen LogP contribution in [0.15, 0.2) is 24.3 Å². The Bertz CT molecular complexity index is 321. The number of unbranched alkanes of at least 4 members (excludes halogenated alkanes) is 6. The molecule has 1 saturated heterocycles. The van der Waals surface area contributed by atoms with Gasteiger partial charge in [0, 0.05) is 86.6 Å². The predicted molar refractivity (Wildman–Crippen MR) is 87.7 cm³/mol. The van der Waals surface area contributed by atoms with Gasteiger partial charge in [0.05, 0.1) is 4.75 Å². The number of thioether (sulfide) groups is 1. The van der Waals surface area contributed by atoms with Crippen LogP contribution in [0.5, 0.6) is 0 Å². The number of hydrogen-bond donors (Lipinski definition) is 1. The van der Waals surface area contributed by atoms with Gasteiger partial charge in [-0.1, -0.05) is 70.1 Å². The molecule has 2 atom stereocenters. The van der Waals surface area contributed by atoms with Crippen molar-refractivity contribution in [2.24, 2.45) is 0 Å². The molecule has 1 fully saturated rings. The molecule has 0 bridgehead atoms. The van der Waals surface area contributed by atoms with Crippen LogP contribution in [-0.4, -0.2) is 101 Å². The number of rotatable bonds is 8. The molecule has 0 spiro atoms. The summed E-state index contributed by atoms with van der Waals surface area (Å²) >= 11 is 1.70. The number of hydrogen-bond acceptors (Lipinski definition) is 2. The van der Waals surface area contributed by atoms with Crippen LogP contribution in [0.3, 0.4) is 0 Å². The Morgan fingerprint density at radius 3 is 2.16 bits per heavy atom. The summed E-state index contributed by atoms with van der Waals surface area (Å²) in [5, 5.41) is 10.2. The zero-order chi connectivity index (χ0) is 12.2. The van der Waals surface area contributed by atoms with Crippen molar-refractivity contribution in [3.8, 4) is 0 Å². The third-order valence-electron chi connectivity index (χ3n) is 3.85. The van der Waals surface area contributed by atoms with Crippen LogP contribution < -0.4 is 0 Å². The molecule has 0 aromatic heterocycles. The van der Waals surface area contributed by atoms with Gasteiger partial charge in [0.25, 0.3) is 0 Å². The summed E-state index contributed by atoms with van der Waals surface area (Å²) in [6.07, 6.45) is 18.7. The van der Waals surface area contributed by atoms with Gasteiger partial charge in [-0.25, -0.2) is 0 Å². The zero-order valence-corrected chi connectivity index (χ0v) is 19.7. The topological polar surface area (TPSA) is 20.2 Å². The summed E-state index contributed by atoms with van der Waals surface area (Å²) in [7, 11) is 0. The SMILES string of the molecule is CCCCCCCCCC12C=CC=CC1(O)S2.[Ba].[Ca]. The Hall–Kier alpha value is 2.62. The van der Waals surface area contributed by atoms with Crippen molar-refractivity contribution in [1.82, 2.24) is 0 Å². The number of aliphatic hydroxyl groups is 1. The zero-order valence-electron chi connectivity index (χ0n) is 12.2. The average Bonchev–Trinajstić information content (AvgIpc) is 2.94. The van der Waals surface area contributed by atoms with Gasteiger partial charge >= 0.3 is 0 Å². The smallest absolute Gasteiger partial charge is 0.148 e. The Kier molecular flexibility index (Phi) is 11.8. The summed E-state index contributed by atoms with van der Waals surface area (Å²) in [4.78, 5) is -0.566. The molecule has 100 valence electrons. The van der Waals surface area contributed by atoms with Gasteiger partial charge in [-0.2, -0.15) is 0 Å². The molecule has 1 nitrogen and oxygen atoms in total. The van der Waals surface area contributed by atoms with E-state index in [0.717, 1.165) is 6.42 Å². The number of fused-ring (bicyclic) bond motifs is 1. The third-order valence-corrected chi connectivity index (χ3v) is 5.48. The second kappa shape index (κ2) is 10.4. The van der Waals surface area contributed by atoms with Gasteiger partial charge in [-0.05, 0) is 12.5 Å². The van der Waals surface area contributed by atoms with E-state index in [0.29, 0.717) is 0 Å². The summed E-state index contributed by atoms with van der Waals surface area (Å²) in [5.41, 5.74) is 0. The quantitative estimate of drug-likeness (QED) is 0.361. The molecule has 1 N–H and O–H groups in total. The van der Waals surface area contributed by atoms with Crippen molar-refractivity contribution in [1.29, 1.82) is 0 Å². The first kappa shape index (κ1) is 21.6. The standard InChI is InChI=1S/C15H24OS.Ba.Ca/c1-2-3-4-5-6-7-8-11-14-12-9-10-13-15(14,16)17-14;;/h9-10,12-13,16H,2-8,11H2,1H3;;. The molecule has 2 rings (SSSR count). The van der Waals surface area contributed by atoms with Gasteiger partial charge in [-0.3, -0.25) is 0 Å². The van der Waals surface area contributed by atoms with E-state index in [1.165, 1.54) is 44.9 Å². The molecule has 4 heteroatoms. The van der Waals surface area contributed by atoms with E-state index in [1.54, 1.807) is 11.8 Å². The van der Waals surface area contributed by atoms with Crippen molar-refractivity contribution >= 4 is 98.4 Å². The molecule has 1 aliphatic heterocycles. The number of allylic oxidation sites excluding steroid dienone is 2. The van der Waals surface area contributed by atoms with Gasteiger partial charge in [0.2, 0.25) is 0 Å². The molecular formula is C15H24BaCaOS. The largest absolute Gasteiger partial charge is 0.374 e. The minimum absolute atomic E-state index is 0. The van der Waals surface area contributed by atoms with Crippen molar-refractivity contribution in [2.75, 3.05) is 0 Å². The van der Waals surface area contributed by atoms with E-state index in [9.17, 15) is 5.11 Å². The van der Waals surface area contributed by atoms with E-state index in [1.807, 2.05) is 12.2 Å². The average molecular weight is 430 g/mol. The molecule has 2 aliphatic rings.